The summed E-state index contributed by atoms with van der Waals surface area (Å²) < 4.78 is 2.46. The predicted octanol–water partition coefficient (Wildman–Crippen LogP) is 4.40. The molecule has 2 aromatic heterocycles. The van der Waals surface area contributed by atoms with Gasteiger partial charge in [0.25, 0.3) is 0 Å². The highest BCUT2D eigenvalue weighted by Crippen LogP contribution is 2.32. The van der Waals surface area contributed by atoms with Crippen molar-refractivity contribution in [1.82, 2.24) is 14.9 Å². The van der Waals surface area contributed by atoms with Crippen molar-refractivity contribution in [2.45, 2.75) is 58.5 Å². The van der Waals surface area contributed by atoms with Gasteiger partial charge in [0.15, 0.2) is 0 Å². The van der Waals surface area contributed by atoms with Gasteiger partial charge >= 0.3 is 0 Å². The van der Waals surface area contributed by atoms with Crippen molar-refractivity contribution in [2.75, 3.05) is 0 Å². The molecule has 24 heavy (non-hydrogen) atoms. The topological polar surface area (TPSA) is 46.9 Å². The van der Waals surface area contributed by atoms with Crippen LogP contribution < -0.4 is 5.32 Å². The Hall–Kier alpha value is -1.88. The van der Waals surface area contributed by atoms with Crippen LogP contribution in [0.1, 0.15) is 60.1 Å². The summed E-state index contributed by atoms with van der Waals surface area (Å²) in [7, 11) is 0. The van der Waals surface area contributed by atoms with E-state index in [2.05, 4.69) is 34.8 Å². The maximum absolute atomic E-state index is 12.0. The molecule has 0 aromatic carbocycles. The van der Waals surface area contributed by atoms with E-state index < -0.39 is 0 Å². The lowest BCUT2D eigenvalue weighted by Crippen LogP contribution is -2.20. The summed E-state index contributed by atoms with van der Waals surface area (Å²) in [6.07, 6.45) is 11.9. The van der Waals surface area contributed by atoms with Crippen LogP contribution in [-0.2, 0) is 11.3 Å². The molecule has 1 aliphatic rings. The average Bonchev–Trinajstić information content (AvgIpc) is 3.20. The Kier molecular flexibility index (Phi) is 5.51. The van der Waals surface area contributed by atoms with Crippen LogP contribution in [-0.4, -0.2) is 15.5 Å². The molecule has 2 aromatic rings. The molecule has 0 atom stereocenters. The number of aryl methyl sites for hydroxylation is 1. The van der Waals surface area contributed by atoms with E-state index in [1.165, 1.54) is 43.5 Å². The van der Waals surface area contributed by atoms with Crippen molar-refractivity contribution < 1.29 is 4.79 Å². The molecule has 1 amide bonds. The van der Waals surface area contributed by atoms with E-state index in [1.54, 1.807) is 23.6 Å². The van der Waals surface area contributed by atoms with Gasteiger partial charge in [-0.3, -0.25) is 4.79 Å². The van der Waals surface area contributed by atoms with Crippen LogP contribution in [0.2, 0.25) is 0 Å². The van der Waals surface area contributed by atoms with Crippen LogP contribution in [0.25, 0.3) is 6.08 Å². The average molecular weight is 343 g/mol. The molecule has 128 valence electrons. The van der Waals surface area contributed by atoms with Gasteiger partial charge in [0.05, 0.1) is 6.54 Å². The Morgan fingerprint density at radius 2 is 2.17 bits per heavy atom. The molecule has 0 aliphatic heterocycles. The highest BCUT2D eigenvalue weighted by atomic mass is 32.1. The van der Waals surface area contributed by atoms with Crippen molar-refractivity contribution in [3.63, 3.8) is 0 Å². The van der Waals surface area contributed by atoms with Gasteiger partial charge in [0, 0.05) is 35.1 Å². The molecule has 0 radical (unpaired) electrons. The number of amides is 1. The van der Waals surface area contributed by atoms with Crippen LogP contribution in [0.5, 0.6) is 0 Å². The van der Waals surface area contributed by atoms with Crippen LogP contribution in [0.3, 0.4) is 0 Å². The molecule has 1 aliphatic carbocycles. The summed E-state index contributed by atoms with van der Waals surface area (Å²) in [5, 5.41) is 5.71. The van der Waals surface area contributed by atoms with Gasteiger partial charge in [-0.1, -0.05) is 19.3 Å². The lowest BCUT2D eigenvalue weighted by Gasteiger charge is -2.26. The Bertz CT molecular complexity index is 709. The highest BCUT2D eigenvalue weighted by molar-refractivity contribution is 7.09. The van der Waals surface area contributed by atoms with Gasteiger partial charge < -0.3 is 9.88 Å². The number of nitrogens with one attached hydrogen (secondary N) is 1. The number of hydrogen-bond acceptors (Lipinski definition) is 3. The number of nitrogens with zero attached hydrogens (tertiary/aromatic N) is 2. The minimum absolute atomic E-state index is 0.0762. The first-order valence-electron chi connectivity index (χ1n) is 8.68. The molecule has 1 fully saturated rings. The van der Waals surface area contributed by atoms with Gasteiger partial charge in [-0.25, -0.2) is 4.98 Å². The van der Waals surface area contributed by atoms with E-state index in [-0.39, 0.29) is 5.91 Å². The standard InChI is InChI=1S/C19H25N3OS/c1-14-12-16(15(2)22(14)17-6-4-3-5-7-17)8-9-18(23)21-13-19-20-10-11-24-19/h8-12,17H,3-7,13H2,1-2H3,(H,21,23)/b9-8+. The van der Waals surface area contributed by atoms with Crippen LogP contribution in [0, 0.1) is 13.8 Å². The number of carbonyl (C=O) groups excluding carboxylic acids is 1. The largest absolute Gasteiger partial charge is 0.346 e. The Labute approximate surface area is 147 Å². The molecule has 5 heteroatoms. The first kappa shape index (κ1) is 17.0. The molecule has 2 heterocycles. The Morgan fingerprint density at radius 1 is 1.38 bits per heavy atom. The molecular formula is C19H25N3OS. The smallest absolute Gasteiger partial charge is 0.244 e. The van der Waals surface area contributed by atoms with Gasteiger partial charge in [0.2, 0.25) is 5.91 Å². The molecule has 4 nitrogen and oxygen atoms in total. The normalized spacial score (nSPS) is 15.9. The predicted molar refractivity (Wildman–Crippen MR) is 99.0 cm³/mol. The quantitative estimate of drug-likeness (QED) is 0.818. The van der Waals surface area contributed by atoms with E-state index in [0.29, 0.717) is 12.6 Å². The van der Waals surface area contributed by atoms with Crippen molar-refractivity contribution in [3.05, 3.63) is 45.7 Å². The molecule has 0 spiro atoms. The summed E-state index contributed by atoms with van der Waals surface area (Å²) in [6.45, 7) is 4.82. The SMILES string of the molecule is Cc1cc(/C=C/C(=O)NCc2nccs2)c(C)n1C1CCCCC1. The van der Waals surface area contributed by atoms with E-state index >= 15 is 0 Å². The summed E-state index contributed by atoms with van der Waals surface area (Å²) in [6, 6.07) is 2.81. The van der Waals surface area contributed by atoms with Gasteiger partial charge in [-0.05, 0) is 44.4 Å². The van der Waals surface area contributed by atoms with Crippen molar-refractivity contribution >= 4 is 23.3 Å². The zero-order valence-electron chi connectivity index (χ0n) is 14.4. The number of hydrogen-bond donors (Lipinski definition) is 1. The maximum Gasteiger partial charge on any atom is 0.244 e. The summed E-state index contributed by atoms with van der Waals surface area (Å²) in [5.74, 6) is -0.0762. The molecule has 0 bridgehead atoms. The van der Waals surface area contributed by atoms with Crippen molar-refractivity contribution in [1.29, 1.82) is 0 Å². The van der Waals surface area contributed by atoms with Crippen LogP contribution >= 0.6 is 11.3 Å². The van der Waals surface area contributed by atoms with Gasteiger partial charge in [0.1, 0.15) is 5.01 Å². The van der Waals surface area contributed by atoms with Crippen LogP contribution in [0.4, 0.5) is 0 Å². The van der Waals surface area contributed by atoms with E-state index in [0.717, 1.165) is 10.6 Å². The highest BCUT2D eigenvalue weighted by Gasteiger charge is 2.19. The third-order valence-corrected chi connectivity index (χ3v) is 5.55. The minimum Gasteiger partial charge on any atom is -0.346 e. The van der Waals surface area contributed by atoms with Gasteiger partial charge in [-0.15, -0.1) is 11.3 Å². The second-order valence-corrected chi connectivity index (χ2v) is 7.44. The number of thiazole rings is 1. The molecule has 0 saturated heterocycles. The van der Waals surface area contributed by atoms with E-state index in [1.807, 2.05) is 11.5 Å². The molecular weight excluding hydrogens is 318 g/mol. The number of rotatable bonds is 5. The fraction of sp³-hybridized carbons (Fsp3) is 0.474. The minimum atomic E-state index is -0.0762. The Morgan fingerprint density at radius 3 is 2.88 bits per heavy atom. The lowest BCUT2D eigenvalue weighted by atomic mass is 9.95. The Balaban J connectivity index is 1.65. The molecule has 1 saturated carbocycles. The zero-order valence-corrected chi connectivity index (χ0v) is 15.2. The fourth-order valence-electron chi connectivity index (χ4n) is 3.60. The molecule has 1 N–H and O–H groups in total. The second kappa shape index (κ2) is 7.79. The first-order valence-corrected chi connectivity index (χ1v) is 9.56. The maximum atomic E-state index is 12.0. The number of carbonyl (C=O) groups is 1. The molecule has 0 unspecified atom stereocenters. The molecule has 3 rings (SSSR count). The first-order chi connectivity index (χ1) is 11.6. The van der Waals surface area contributed by atoms with Crippen LogP contribution in [0.15, 0.2) is 23.7 Å². The summed E-state index contributed by atoms with van der Waals surface area (Å²) in [5.41, 5.74) is 3.70. The van der Waals surface area contributed by atoms with Crippen molar-refractivity contribution in [3.8, 4) is 0 Å². The summed E-state index contributed by atoms with van der Waals surface area (Å²) in [4.78, 5) is 16.2. The van der Waals surface area contributed by atoms with Gasteiger partial charge in [-0.2, -0.15) is 0 Å². The van der Waals surface area contributed by atoms with E-state index in [4.69, 9.17) is 0 Å². The fourth-order valence-corrected chi connectivity index (χ4v) is 4.16. The summed E-state index contributed by atoms with van der Waals surface area (Å²) >= 11 is 1.55. The van der Waals surface area contributed by atoms with Crippen molar-refractivity contribution in [2.24, 2.45) is 0 Å². The third-order valence-electron chi connectivity index (χ3n) is 4.77. The lowest BCUT2D eigenvalue weighted by molar-refractivity contribution is -0.116. The number of aromatic nitrogens is 2. The third kappa shape index (κ3) is 3.96. The zero-order chi connectivity index (χ0) is 16.9. The second-order valence-electron chi connectivity index (χ2n) is 6.47. The van der Waals surface area contributed by atoms with E-state index in [9.17, 15) is 4.79 Å². The monoisotopic (exact) mass is 343 g/mol.